The Labute approximate surface area is 206 Å². The number of amides is 1. The number of anilines is 1. The fourth-order valence-corrected chi connectivity index (χ4v) is 4.95. The molecule has 0 saturated heterocycles. The van der Waals surface area contributed by atoms with Crippen molar-refractivity contribution in [3.8, 4) is 0 Å². The maximum Gasteiger partial charge on any atom is 0.229 e. The van der Waals surface area contributed by atoms with Crippen LogP contribution in [0, 0.1) is 5.92 Å². The first-order valence-electron chi connectivity index (χ1n) is 11.8. The summed E-state index contributed by atoms with van der Waals surface area (Å²) >= 11 is 6.08. The Balaban J connectivity index is 1.09. The molecule has 2 aliphatic rings. The molecule has 0 aliphatic heterocycles. The minimum absolute atomic E-state index is 0.0589. The molecule has 1 N–H and O–H groups in total. The number of halogens is 1. The molecule has 9 heteroatoms. The van der Waals surface area contributed by atoms with E-state index in [1.165, 1.54) is 18.4 Å². The molecule has 0 unspecified atom stereocenters. The monoisotopic (exact) mass is 483 g/mol. The van der Waals surface area contributed by atoms with E-state index in [0.717, 1.165) is 34.4 Å². The molecule has 1 amide bonds. The van der Waals surface area contributed by atoms with Gasteiger partial charge in [-0.2, -0.15) is 5.10 Å². The molecule has 5 aromatic heterocycles. The smallest absolute Gasteiger partial charge is 0.229 e. The Morgan fingerprint density at radius 3 is 2.83 bits per heavy atom. The van der Waals surface area contributed by atoms with Gasteiger partial charge in [0.1, 0.15) is 11.5 Å². The highest BCUT2D eigenvalue weighted by molar-refractivity contribution is 6.30. The van der Waals surface area contributed by atoms with Crippen molar-refractivity contribution in [2.45, 2.75) is 37.6 Å². The summed E-state index contributed by atoms with van der Waals surface area (Å²) in [4.78, 5) is 26.4. The van der Waals surface area contributed by atoms with E-state index in [4.69, 9.17) is 16.6 Å². The Kier molecular flexibility index (Phi) is 4.63. The van der Waals surface area contributed by atoms with E-state index in [0.29, 0.717) is 23.3 Å². The fourth-order valence-electron chi connectivity index (χ4n) is 4.78. The van der Waals surface area contributed by atoms with E-state index in [-0.39, 0.29) is 17.7 Å². The van der Waals surface area contributed by atoms with E-state index in [9.17, 15) is 4.79 Å². The van der Waals surface area contributed by atoms with Crippen LogP contribution in [0.25, 0.3) is 16.6 Å². The van der Waals surface area contributed by atoms with Gasteiger partial charge in [0.15, 0.2) is 0 Å². The van der Waals surface area contributed by atoms with Gasteiger partial charge >= 0.3 is 0 Å². The fraction of sp³-hybridized carbons (Fsp3) is 0.269. The molecule has 0 spiro atoms. The van der Waals surface area contributed by atoms with Gasteiger partial charge in [0.05, 0.1) is 23.1 Å². The van der Waals surface area contributed by atoms with Crippen molar-refractivity contribution in [1.82, 2.24) is 29.1 Å². The Morgan fingerprint density at radius 1 is 1.09 bits per heavy atom. The highest BCUT2D eigenvalue weighted by Gasteiger charge is 2.45. The zero-order chi connectivity index (χ0) is 23.5. The van der Waals surface area contributed by atoms with Gasteiger partial charge in [-0.25, -0.2) is 9.97 Å². The van der Waals surface area contributed by atoms with Crippen LogP contribution < -0.4 is 5.32 Å². The molecule has 174 valence electrons. The van der Waals surface area contributed by atoms with Crippen molar-refractivity contribution in [1.29, 1.82) is 0 Å². The molecule has 5 aromatic rings. The molecule has 2 fully saturated rings. The molecular formula is C26H22ClN7O. The predicted octanol–water partition coefficient (Wildman–Crippen LogP) is 4.80. The molecule has 0 radical (unpaired) electrons. The second kappa shape index (κ2) is 7.88. The summed E-state index contributed by atoms with van der Waals surface area (Å²) in [7, 11) is 0. The number of carbonyl (C=O) groups excluding carboxylic acids is 1. The lowest BCUT2D eigenvalue weighted by atomic mass is 10.2. The van der Waals surface area contributed by atoms with Crippen LogP contribution in [0.1, 0.15) is 48.0 Å². The summed E-state index contributed by atoms with van der Waals surface area (Å²) in [5.41, 5.74) is 4.87. The van der Waals surface area contributed by atoms with Crippen LogP contribution in [-0.4, -0.2) is 35.0 Å². The molecular weight excluding hydrogens is 462 g/mol. The number of hydrogen-bond acceptors (Lipinski definition) is 5. The van der Waals surface area contributed by atoms with E-state index in [2.05, 4.69) is 49.3 Å². The highest BCUT2D eigenvalue weighted by Crippen LogP contribution is 2.47. The van der Waals surface area contributed by atoms with Gasteiger partial charge < -0.3 is 9.72 Å². The van der Waals surface area contributed by atoms with Crippen molar-refractivity contribution in [3.63, 3.8) is 0 Å². The van der Waals surface area contributed by atoms with Crippen LogP contribution in [0.3, 0.4) is 0 Å². The van der Waals surface area contributed by atoms with Crippen LogP contribution in [0.4, 0.5) is 5.82 Å². The Bertz CT molecular complexity index is 1600. The number of imidazole rings is 1. The number of nitrogens with zero attached hydrogens (tertiary/aromatic N) is 6. The van der Waals surface area contributed by atoms with Crippen molar-refractivity contribution in [3.05, 3.63) is 83.3 Å². The second-order valence-electron chi connectivity index (χ2n) is 9.49. The third kappa shape index (κ3) is 3.93. The third-order valence-electron chi connectivity index (χ3n) is 6.87. The lowest BCUT2D eigenvalue weighted by molar-refractivity contribution is -0.117. The summed E-state index contributed by atoms with van der Waals surface area (Å²) in [6.45, 7) is 0.535. The molecule has 5 heterocycles. The summed E-state index contributed by atoms with van der Waals surface area (Å²) in [6.07, 6.45) is 12.8. The van der Waals surface area contributed by atoms with E-state index in [1.807, 2.05) is 23.0 Å². The van der Waals surface area contributed by atoms with Gasteiger partial charge in [0.25, 0.3) is 0 Å². The van der Waals surface area contributed by atoms with Crippen LogP contribution in [0.5, 0.6) is 0 Å². The minimum Gasteiger partial charge on any atom is -0.310 e. The lowest BCUT2D eigenvalue weighted by Gasteiger charge is -2.05. The Hall–Kier alpha value is -3.78. The highest BCUT2D eigenvalue weighted by atomic mass is 35.5. The first-order chi connectivity index (χ1) is 17.1. The minimum atomic E-state index is -0.133. The zero-order valence-electron chi connectivity index (χ0n) is 18.8. The van der Waals surface area contributed by atoms with Crippen LogP contribution in [-0.2, 0) is 11.3 Å². The van der Waals surface area contributed by atoms with Crippen molar-refractivity contribution >= 4 is 39.9 Å². The average molecular weight is 484 g/mol. The van der Waals surface area contributed by atoms with Gasteiger partial charge in [-0.1, -0.05) is 17.7 Å². The van der Waals surface area contributed by atoms with Crippen molar-refractivity contribution < 1.29 is 4.79 Å². The van der Waals surface area contributed by atoms with Crippen molar-refractivity contribution in [2.24, 2.45) is 5.92 Å². The van der Waals surface area contributed by atoms with E-state index >= 15 is 0 Å². The molecule has 2 aliphatic carbocycles. The summed E-state index contributed by atoms with van der Waals surface area (Å²) < 4.78 is 3.95. The number of fused-ring (bicyclic) bond motifs is 2. The van der Waals surface area contributed by atoms with Gasteiger partial charge in [-0.05, 0) is 55.0 Å². The molecule has 0 bridgehead atoms. The average Bonchev–Trinajstić information content (AvgIpc) is 3.76. The molecule has 2 atom stereocenters. The van der Waals surface area contributed by atoms with Gasteiger partial charge in [0, 0.05) is 53.5 Å². The number of hydrogen-bond donors (Lipinski definition) is 1. The number of aromatic nitrogens is 6. The van der Waals surface area contributed by atoms with Crippen LogP contribution in [0.2, 0.25) is 5.02 Å². The zero-order valence-corrected chi connectivity index (χ0v) is 19.6. The quantitative estimate of drug-likeness (QED) is 0.375. The summed E-state index contributed by atoms with van der Waals surface area (Å²) in [6, 6.07) is 9.68. The third-order valence-corrected chi connectivity index (χ3v) is 7.10. The molecule has 8 nitrogen and oxygen atoms in total. The van der Waals surface area contributed by atoms with Gasteiger partial charge in [-0.3, -0.25) is 14.5 Å². The topological polar surface area (TPSA) is 90.0 Å². The first-order valence-corrected chi connectivity index (χ1v) is 12.2. The maximum absolute atomic E-state index is 12.9. The van der Waals surface area contributed by atoms with Gasteiger partial charge in [-0.15, -0.1) is 0 Å². The maximum atomic E-state index is 12.9. The predicted molar refractivity (Wildman–Crippen MR) is 133 cm³/mol. The Morgan fingerprint density at radius 2 is 1.97 bits per heavy atom. The van der Waals surface area contributed by atoms with Crippen molar-refractivity contribution in [2.75, 3.05) is 5.32 Å². The van der Waals surface area contributed by atoms with E-state index < -0.39 is 0 Å². The molecule has 0 aromatic carbocycles. The first kappa shape index (κ1) is 20.6. The second-order valence-corrected chi connectivity index (χ2v) is 9.93. The number of rotatable bonds is 6. The number of pyridine rings is 3. The number of carbonyl (C=O) groups is 1. The molecule has 7 rings (SSSR count). The summed E-state index contributed by atoms with van der Waals surface area (Å²) in [5, 5.41) is 9.12. The van der Waals surface area contributed by atoms with Crippen LogP contribution >= 0.6 is 11.6 Å². The molecule has 2 saturated carbocycles. The molecule has 35 heavy (non-hydrogen) atoms. The SMILES string of the molecule is O=C(Nc1nccc2nn(Cc3cn4cc(C5CC5)ccc4n3)cc12)[C@H]1C[C@@H]1c1cc(Cl)ccn1. The number of nitrogens with one attached hydrogen (secondary N) is 1. The summed E-state index contributed by atoms with van der Waals surface area (Å²) in [5.74, 6) is 1.12. The lowest BCUT2D eigenvalue weighted by Crippen LogP contribution is -2.15. The van der Waals surface area contributed by atoms with Crippen LogP contribution in [0.15, 0.2) is 61.3 Å². The van der Waals surface area contributed by atoms with E-state index in [1.54, 1.807) is 18.5 Å². The largest absolute Gasteiger partial charge is 0.310 e. The standard InChI is InChI=1S/C26H22ClN7O/c27-17-5-7-28-23(9-17)19-10-20(19)26(35)31-25-21-14-34(32-22(21)6-8-29-25)13-18-12-33-11-16(15-1-2-15)3-4-24(33)30-18/h3-9,11-12,14-15,19-20H,1-2,10,13H2,(H,29,31,35)/t19-,20-/m0/s1. The normalized spacial score (nSPS) is 19.3. The van der Waals surface area contributed by atoms with Gasteiger partial charge in [0.2, 0.25) is 5.91 Å².